The normalized spacial score (nSPS) is 11.6. The summed E-state index contributed by atoms with van der Waals surface area (Å²) in [5.41, 5.74) is 12.7. The lowest BCUT2D eigenvalue weighted by Gasteiger charge is -2.09. The molecule has 0 saturated heterocycles. The third kappa shape index (κ3) is 8.31. The van der Waals surface area contributed by atoms with E-state index in [9.17, 15) is 41.0 Å². The topological polar surface area (TPSA) is 203 Å². The van der Waals surface area contributed by atoms with Crippen LogP contribution in [0.1, 0.15) is 32.4 Å². The summed E-state index contributed by atoms with van der Waals surface area (Å²) in [6, 6.07) is 23.5. The molecule has 59 heavy (non-hydrogen) atoms. The molecule has 8 rings (SSSR count). The van der Waals surface area contributed by atoms with Crippen molar-refractivity contribution in [2.24, 2.45) is 0 Å². The van der Waals surface area contributed by atoms with E-state index >= 15 is 0 Å². The average Bonchev–Trinajstić information content (AvgIpc) is 3.84. The first-order chi connectivity index (χ1) is 28.0. The Labute approximate surface area is 327 Å². The van der Waals surface area contributed by atoms with Gasteiger partial charge < -0.3 is 21.3 Å². The number of carboxylic acid groups (broad SMARTS) is 1. The highest BCUT2D eigenvalue weighted by molar-refractivity contribution is 5.92. The van der Waals surface area contributed by atoms with Crippen LogP contribution in [0.2, 0.25) is 0 Å². The van der Waals surface area contributed by atoms with Crippen molar-refractivity contribution in [3.05, 3.63) is 132 Å². The molecule has 14 nitrogen and oxygen atoms in total. The van der Waals surface area contributed by atoms with Gasteiger partial charge in [0.05, 0.1) is 30.5 Å². The summed E-state index contributed by atoms with van der Waals surface area (Å²) in [5.74, 6) is -1.66. The van der Waals surface area contributed by atoms with Crippen LogP contribution in [0.4, 0.5) is 38.0 Å². The Balaban J connectivity index is 0.000000179. The predicted molar refractivity (Wildman–Crippen MR) is 201 cm³/mol. The van der Waals surface area contributed by atoms with Crippen LogP contribution in [-0.4, -0.2) is 63.7 Å². The van der Waals surface area contributed by atoms with Gasteiger partial charge in [-0.15, -0.1) is 0 Å². The lowest BCUT2D eigenvalue weighted by molar-refractivity contribution is -0.141. The summed E-state index contributed by atoms with van der Waals surface area (Å²) in [4.78, 5) is 38.1. The summed E-state index contributed by atoms with van der Waals surface area (Å²) in [5, 5.41) is 18.9. The molecule has 0 radical (unpaired) electrons. The van der Waals surface area contributed by atoms with E-state index < -0.39 is 35.7 Å². The molecule has 0 bridgehead atoms. The number of nitrogens with two attached hydrogens (primary N) is 2. The van der Waals surface area contributed by atoms with Gasteiger partial charge in [-0.25, -0.2) is 38.9 Å². The summed E-state index contributed by atoms with van der Waals surface area (Å²) in [6.07, 6.45) is -6.11. The lowest BCUT2D eigenvalue weighted by atomic mass is 10.0. The second kappa shape index (κ2) is 15.2. The molecule has 6 aromatic heterocycles. The van der Waals surface area contributed by atoms with Crippen molar-refractivity contribution >= 4 is 45.4 Å². The second-order valence-electron chi connectivity index (χ2n) is 12.5. The maximum absolute atomic E-state index is 13.0. The molecule has 20 heteroatoms. The highest BCUT2D eigenvalue weighted by Crippen LogP contribution is 2.32. The van der Waals surface area contributed by atoms with E-state index in [-0.39, 0.29) is 34.7 Å². The number of carbonyl (C=O) groups excluding carboxylic acids is 1. The Kier molecular flexibility index (Phi) is 10.1. The van der Waals surface area contributed by atoms with Crippen LogP contribution in [0, 0.1) is 0 Å². The fourth-order valence-corrected chi connectivity index (χ4v) is 5.92. The Morgan fingerprint density at radius 3 is 1.46 bits per heavy atom. The van der Waals surface area contributed by atoms with Crippen LogP contribution < -0.4 is 11.5 Å². The van der Waals surface area contributed by atoms with Crippen molar-refractivity contribution in [2.75, 3.05) is 18.6 Å². The minimum Gasteiger partial charge on any atom is -0.477 e. The number of nitrogen functional groups attached to an aromatic ring is 2. The van der Waals surface area contributed by atoms with Gasteiger partial charge in [-0.05, 0) is 82.9 Å². The molecule has 0 aliphatic rings. The fourth-order valence-electron chi connectivity index (χ4n) is 5.92. The van der Waals surface area contributed by atoms with E-state index in [4.69, 9.17) is 11.5 Å². The molecule has 0 aliphatic heterocycles. The Morgan fingerprint density at radius 1 is 0.593 bits per heavy atom. The lowest BCUT2D eigenvalue weighted by Crippen LogP contribution is -2.10. The Hall–Kier alpha value is -7.90. The molecule has 5 N–H and O–H groups in total. The van der Waals surface area contributed by atoms with E-state index in [0.717, 1.165) is 12.1 Å². The summed E-state index contributed by atoms with van der Waals surface area (Å²) in [6.45, 7) is 0. The monoisotopic (exact) mass is 812 g/mol. The van der Waals surface area contributed by atoms with Crippen molar-refractivity contribution in [3.8, 4) is 33.9 Å². The molecule has 0 saturated carbocycles. The van der Waals surface area contributed by atoms with E-state index in [1.54, 1.807) is 42.5 Å². The van der Waals surface area contributed by atoms with Crippen molar-refractivity contribution < 1.29 is 45.8 Å². The Morgan fingerprint density at radius 2 is 1.03 bits per heavy atom. The van der Waals surface area contributed by atoms with Crippen LogP contribution in [0.25, 0.3) is 55.7 Å². The van der Waals surface area contributed by atoms with Crippen molar-refractivity contribution in [1.82, 2.24) is 39.5 Å². The second-order valence-corrected chi connectivity index (χ2v) is 12.5. The predicted octanol–water partition coefficient (Wildman–Crippen LogP) is 7.65. The van der Waals surface area contributed by atoms with Crippen molar-refractivity contribution in [3.63, 3.8) is 0 Å². The fraction of sp³-hybridized carbons (Fsp3) is 0.0769. The summed E-state index contributed by atoms with van der Waals surface area (Å²) >= 11 is 0. The van der Waals surface area contributed by atoms with Gasteiger partial charge in [0.2, 0.25) is 0 Å². The van der Waals surface area contributed by atoms with Gasteiger partial charge in [-0.3, -0.25) is 0 Å². The van der Waals surface area contributed by atoms with Crippen LogP contribution in [0.15, 0.2) is 109 Å². The highest BCUT2D eigenvalue weighted by atomic mass is 19.4. The van der Waals surface area contributed by atoms with Crippen molar-refractivity contribution in [1.29, 1.82) is 0 Å². The first-order valence-electron chi connectivity index (χ1n) is 16.9. The van der Waals surface area contributed by atoms with Crippen LogP contribution in [0.3, 0.4) is 0 Å². The minimum absolute atomic E-state index is 0.00689. The van der Waals surface area contributed by atoms with Gasteiger partial charge in [0.1, 0.15) is 23.0 Å². The van der Waals surface area contributed by atoms with E-state index in [1.165, 1.54) is 71.3 Å². The Bertz CT molecular complexity index is 2910. The number of pyridine rings is 4. The standard InChI is InChI=1S/C20H14F3N5O2.C19H12F3N5O2/c1-30-19(29)14-7-13(9-17(24)26-14)11-5-6-12-10-25-28(15(12)8-11)18-4-2-3-16(27-18)20(21,22)23;20-19(21,22)15-2-1-3-17(26-15)27-14-7-10(4-5-11(14)9-24-27)12-6-13(18(28)29)25-16(23)8-12/h2-10H,1H3,(H2,24,26);1-9H,(H2,23,25)(H,28,29). The zero-order valence-corrected chi connectivity index (χ0v) is 30.1. The number of anilines is 2. The van der Waals surface area contributed by atoms with Gasteiger partial charge in [0.25, 0.3) is 0 Å². The number of ether oxygens (including phenoxy) is 1. The van der Waals surface area contributed by atoms with Crippen LogP contribution >= 0.6 is 0 Å². The molecule has 0 atom stereocenters. The number of rotatable bonds is 6. The van der Waals surface area contributed by atoms with Gasteiger partial charge in [-0.1, -0.05) is 36.4 Å². The van der Waals surface area contributed by atoms with Crippen molar-refractivity contribution in [2.45, 2.75) is 12.4 Å². The number of carbonyl (C=O) groups is 2. The zero-order valence-electron chi connectivity index (χ0n) is 30.1. The zero-order chi connectivity index (χ0) is 42.2. The number of aromatic carboxylic acids is 1. The molecule has 0 aliphatic carbocycles. The number of methoxy groups -OCH3 is 1. The summed E-state index contributed by atoms with van der Waals surface area (Å²) in [7, 11) is 1.24. The third-order valence-electron chi connectivity index (χ3n) is 8.60. The molecular formula is C39H26F6N10O4. The first kappa shape index (κ1) is 39.3. The molecule has 6 heterocycles. The number of hydrogen-bond acceptors (Lipinski definition) is 11. The number of alkyl halides is 6. The first-order valence-corrected chi connectivity index (χ1v) is 16.9. The number of nitrogens with zero attached hydrogens (tertiary/aromatic N) is 8. The summed E-state index contributed by atoms with van der Waals surface area (Å²) < 4.78 is 85.4. The average molecular weight is 813 g/mol. The molecule has 8 aromatic rings. The number of halogens is 6. The number of carboxylic acids is 1. The number of fused-ring (bicyclic) bond motifs is 2. The van der Waals surface area contributed by atoms with Gasteiger partial charge in [0.15, 0.2) is 23.0 Å². The van der Waals surface area contributed by atoms with Gasteiger partial charge >= 0.3 is 24.3 Å². The maximum Gasteiger partial charge on any atom is 0.433 e. The molecule has 0 amide bonds. The van der Waals surface area contributed by atoms with Crippen LogP contribution in [0.5, 0.6) is 0 Å². The molecular weight excluding hydrogens is 786 g/mol. The molecule has 0 unspecified atom stereocenters. The van der Waals surface area contributed by atoms with E-state index in [2.05, 4.69) is 34.9 Å². The molecule has 0 spiro atoms. The maximum atomic E-state index is 13.0. The molecule has 2 aromatic carbocycles. The largest absolute Gasteiger partial charge is 0.477 e. The smallest absolute Gasteiger partial charge is 0.433 e. The van der Waals surface area contributed by atoms with E-state index in [0.29, 0.717) is 44.1 Å². The number of hydrogen-bond donors (Lipinski definition) is 3. The SMILES string of the molecule is COC(=O)c1cc(-c2ccc3cnn(-c4cccc(C(F)(F)F)n4)c3c2)cc(N)n1.Nc1cc(-c2ccc3cnn(-c4cccc(C(F)(F)F)n4)c3c2)cc(C(=O)O)n1. The number of benzene rings is 2. The number of esters is 1. The highest BCUT2D eigenvalue weighted by Gasteiger charge is 2.33. The third-order valence-corrected chi connectivity index (χ3v) is 8.60. The minimum atomic E-state index is -4.58. The van der Waals surface area contributed by atoms with Gasteiger partial charge in [0, 0.05) is 10.8 Å². The van der Waals surface area contributed by atoms with Crippen LogP contribution in [-0.2, 0) is 17.1 Å². The van der Waals surface area contributed by atoms with Gasteiger partial charge in [-0.2, -0.15) is 36.5 Å². The quantitative estimate of drug-likeness (QED) is 0.109. The van der Waals surface area contributed by atoms with E-state index in [1.807, 2.05) is 0 Å². The molecule has 298 valence electrons. The molecule has 0 fully saturated rings. The number of aromatic nitrogens is 8.